The fourth-order valence-corrected chi connectivity index (χ4v) is 3.24. The molecule has 0 bridgehead atoms. The molecule has 0 unspecified atom stereocenters. The van der Waals surface area contributed by atoms with E-state index in [0.29, 0.717) is 6.54 Å². The average molecular weight is 372 g/mol. The first-order valence-corrected chi connectivity index (χ1v) is 7.37. The summed E-state index contributed by atoms with van der Waals surface area (Å²) in [5, 5.41) is 21.9. The van der Waals surface area contributed by atoms with Crippen LogP contribution in [0, 0.1) is 10.1 Å². The van der Waals surface area contributed by atoms with Crippen LogP contribution >= 0.6 is 27.3 Å². The van der Waals surface area contributed by atoms with Crippen LogP contribution < -0.4 is 4.90 Å². The highest BCUT2D eigenvalue weighted by Crippen LogP contribution is 2.28. The minimum atomic E-state index is -1.25. The van der Waals surface area contributed by atoms with E-state index >= 15 is 0 Å². The molecule has 2 rings (SSSR count). The second-order valence-electron chi connectivity index (χ2n) is 4.22. The highest BCUT2D eigenvalue weighted by Gasteiger charge is 2.22. The number of hydrogen-bond acceptors (Lipinski definition) is 6. The number of aromatic nitrogens is 1. The highest BCUT2D eigenvalue weighted by atomic mass is 79.9. The summed E-state index contributed by atoms with van der Waals surface area (Å²) in [5.41, 5.74) is -0.536. The van der Waals surface area contributed by atoms with Crippen LogP contribution in [0.4, 0.5) is 11.5 Å². The van der Waals surface area contributed by atoms with Crippen LogP contribution in [0.1, 0.15) is 15.2 Å². The molecule has 0 atom stereocenters. The van der Waals surface area contributed by atoms with Crippen molar-refractivity contribution in [2.24, 2.45) is 0 Å². The van der Waals surface area contributed by atoms with Gasteiger partial charge in [-0.1, -0.05) is 0 Å². The molecule has 0 fully saturated rings. The topological polar surface area (TPSA) is 96.6 Å². The predicted molar refractivity (Wildman–Crippen MR) is 82.0 cm³/mol. The molecule has 0 aromatic carbocycles. The van der Waals surface area contributed by atoms with E-state index in [2.05, 4.69) is 20.9 Å². The number of aromatic carboxylic acids is 1. The zero-order valence-electron chi connectivity index (χ0n) is 10.8. The normalized spacial score (nSPS) is 10.4. The number of rotatable bonds is 5. The van der Waals surface area contributed by atoms with E-state index in [4.69, 9.17) is 5.11 Å². The van der Waals surface area contributed by atoms with Crippen molar-refractivity contribution >= 4 is 44.7 Å². The van der Waals surface area contributed by atoms with E-state index in [9.17, 15) is 14.9 Å². The van der Waals surface area contributed by atoms with E-state index < -0.39 is 10.9 Å². The molecule has 2 heterocycles. The van der Waals surface area contributed by atoms with Crippen molar-refractivity contribution in [1.82, 2.24) is 4.98 Å². The molecule has 0 aliphatic rings. The van der Waals surface area contributed by atoms with Gasteiger partial charge in [-0.05, 0) is 22.0 Å². The highest BCUT2D eigenvalue weighted by molar-refractivity contribution is 9.10. The van der Waals surface area contributed by atoms with E-state index in [1.807, 2.05) is 11.4 Å². The molecule has 2 aromatic heterocycles. The predicted octanol–water partition coefficient (Wildman–Crippen LogP) is 3.15. The number of nitrogens with zero attached hydrogens (tertiary/aromatic N) is 3. The molecule has 0 amide bonds. The van der Waals surface area contributed by atoms with Gasteiger partial charge in [-0.25, -0.2) is 9.78 Å². The molecule has 0 saturated carbocycles. The number of anilines is 1. The lowest BCUT2D eigenvalue weighted by molar-refractivity contribution is -0.384. The Labute approximate surface area is 132 Å². The van der Waals surface area contributed by atoms with Gasteiger partial charge in [0.15, 0.2) is 0 Å². The van der Waals surface area contributed by atoms with Crippen molar-refractivity contribution in [3.63, 3.8) is 0 Å². The maximum Gasteiger partial charge on any atom is 0.337 e. The maximum atomic E-state index is 11.1. The monoisotopic (exact) mass is 371 g/mol. The van der Waals surface area contributed by atoms with Gasteiger partial charge in [0.2, 0.25) is 5.82 Å². The van der Waals surface area contributed by atoms with Crippen molar-refractivity contribution in [2.75, 3.05) is 11.9 Å². The SMILES string of the molecule is CN(Cc1cc(Br)cs1)c1ncc(C(=O)O)cc1[N+](=O)[O-]. The first kappa shape index (κ1) is 15.4. The maximum absolute atomic E-state index is 11.1. The van der Waals surface area contributed by atoms with Gasteiger partial charge in [0.25, 0.3) is 0 Å². The van der Waals surface area contributed by atoms with Gasteiger partial charge in [0, 0.05) is 34.0 Å². The number of hydrogen-bond donors (Lipinski definition) is 1. The largest absolute Gasteiger partial charge is 0.478 e. The zero-order chi connectivity index (χ0) is 15.6. The van der Waals surface area contributed by atoms with Gasteiger partial charge in [0.1, 0.15) is 0 Å². The van der Waals surface area contributed by atoms with Crippen molar-refractivity contribution in [1.29, 1.82) is 0 Å². The summed E-state index contributed by atoms with van der Waals surface area (Å²) in [4.78, 5) is 27.9. The second-order valence-corrected chi connectivity index (χ2v) is 6.13. The lowest BCUT2D eigenvalue weighted by Crippen LogP contribution is -2.19. The van der Waals surface area contributed by atoms with E-state index in [0.717, 1.165) is 21.6 Å². The minimum absolute atomic E-state index is 0.134. The van der Waals surface area contributed by atoms with E-state index in [1.165, 1.54) is 11.3 Å². The van der Waals surface area contributed by atoms with Gasteiger partial charge >= 0.3 is 11.7 Å². The summed E-state index contributed by atoms with van der Waals surface area (Å²) in [7, 11) is 1.67. The summed E-state index contributed by atoms with van der Waals surface area (Å²) in [6.07, 6.45) is 1.12. The Kier molecular flexibility index (Phi) is 4.53. The molecular weight excluding hydrogens is 362 g/mol. The van der Waals surface area contributed by atoms with Crippen molar-refractivity contribution in [3.05, 3.63) is 48.7 Å². The van der Waals surface area contributed by atoms with Gasteiger partial charge in [-0.2, -0.15) is 0 Å². The van der Waals surface area contributed by atoms with Crippen molar-refractivity contribution in [2.45, 2.75) is 6.54 Å². The summed E-state index contributed by atoms with van der Waals surface area (Å²) in [6, 6.07) is 2.93. The third-order valence-electron chi connectivity index (χ3n) is 2.67. The molecule has 0 radical (unpaired) electrons. The Hall–Kier alpha value is -2.00. The Morgan fingerprint density at radius 3 is 2.81 bits per heavy atom. The van der Waals surface area contributed by atoms with E-state index in [1.54, 1.807) is 11.9 Å². The molecule has 0 spiro atoms. The van der Waals surface area contributed by atoms with Crippen LogP contribution in [0.5, 0.6) is 0 Å². The third kappa shape index (κ3) is 3.56. The molecular formula is C12H10BrN3O4S. The number of carbonyl (C=O) groups is 1. The molecule has 9 heteroatoms. The van der Waals surface area contributed by atoms with Crippen molar-refractivity contribution < 1.29 is 14.8 Å². The summed E-state index contributed by atoms with van der Waals surface area (Å²) in [6.45, 7) is 0.441. The average Bonchev–Trinajstić information content (AvgIpc) is 2.83. The van der Waals surface area contributed by atoms with E-state index in [-0.39, 0.29) is 17.1 Å². The standard InChI is InChI=1S/C12H10BrN3O4S/c1-15(5-9-3-8(13)6-21-9)11-10(16(19)20)2-7(4-14-11)12(17)18/h2-4,6H,5H2,1H3,(H,17,18). The van der Waals surface area contributed by atoms with Gasteiger partial charge in [0.05, 0.1) is 17.0 Å². The first-order valence-electron chi connectivity index (χ1n) is 5.70. The lowest BCUT2D eigenvalue weighted by atomic mass is 10.2. The Morgan fingerprint density at radius 1 is 1.57 bits per heavy atom. The summed E-state index contributed by atoms with van der Waals surface area (Å²) >= 11 is 4.86. The minimum Gasteiger partial charge on any atom is -0.478 e. The molecule has 2 aromatic rings. The molecule has 7 nitrogen and oxygen atoms in total. The molecule has 1 N–H and O–H groups in total. The Bertz CT molecular complexity index is 704. The number of nitro groups is 1. The summed E-state index contributed by atoms with van der Waals surface area (Å²) < 4.78 is 0.944. The molecule has 0 aliphatic carbocycles. The van der Waals surface area contributed by atoms with Crippen LogP contribution in [0.2, 0.25) is 0 Å². The third-order valence-corrected chi connectivity index (χ3v) is 4.35. The number of thiophene rings is 1. The smallest absolute Gasteiger partial charge is 0.337 e. The van der Waals surface area contributed by atoms with Crippen LogP contribution in [0.3, 0.4) is 0 Å². The van der Waals surface area contributed by atoms with Crippen LogP contribution in [-0.2, 0) is 6.54 Å². The quantitative estimate of drug-likeness (QED) is 0.640. The zero-order valence-corrected chi connectivity index (χ0v) is 13.2. The fourth-order valence-electron chi connectivity index (χ4n) is 1.74. The fraction of sp³-hybridized carbons (Fsp3) is 0.167. The molecule has 0 aliphatic heterocycles. The van der Waals surface area contributed by atoms with Crippen LogP contribution in [0.25, 0.3) is 0 Å². The van der Waals surface area contributed by atoms with Gasteiger partial charge in [-0.3, -0.25) is 10.1 Å². The lowest BCUT2D eigenvalue weighted by Gasteiger charge is -2.17. The number of carboxylic acid groups (broad SMARTS) is 1. The van der Waals surface area contributed by atoms with Crippen molar-refractivity contribution in [3.8, 4) is 0 Å². The van der Waals surface area contributed by atoms with Gasteiger partial charge < -0.3 is 10.0 Å². The molecule has 110 valence electrons. The Morgan fingerprint density at radius 2 is 2.29 bits per heavy atom. The van der Waals surface area contributed by atoms with Crippen LogP contribution in [0.15, 0.2) is 28.2 Å². The number of pyridine rings is 1. The number of halogens is 1. The first-order chi connectivity index (χ1) is 9.88. The van der Waals surface area contributed by atoms with Gasteiger partial charge in [-0.15, -0.1) is 11.3 Å². The molecule has 0 saturated heterocycles. The Balaban J connectivity index is 2.33. The van der Waals surface area contributed by atoms with Crippen LogP contribution in [-0.4, -0.2) is 28.0 Å². The summed E-state index contributed by atoms with van der Waals surface area (Å²) in [5.74, 6) is -1.11. The second kappa shape index (κ2) is 6.19. The molecule has 21 heavy (non-hydrogen) atoms. The number of carboxylic acids is 1.